The molecular formula is C24H31N3O6S. The van der Waals surface area contributed by atoms with Gasteiger partial charge in [-0.1, -0.05) is 30.1 Å². The van der Waals surface area contributed by atoms with Crippen LogP contribution >= 0.6 is 0 Å². The number of carbonyl (C=O) groups is 1. The van der Waals surface area contributed by atoms with Crippen LogP contribution in [0.25, 0.3) is 0 Å². The summed E-state index contributed by atoms with van der Waals surface area (Å²) in [4.78, 5) is 17.6. The maximum absolute atomic E-state index is 13.2. The van der Waals surface area contributed by atoms with Gasteiger partial charge in [-0.3, -0.25) is 4.79 Å². The van der Waals surface area contributed by atoms with Crippen LogP contribution in [0.2, 0.25) is 0 Å². The molecule has 0 unspecified atom stereocenters. The first kappa shape index (κ1) is 25.5. The predicted molar refractivity (Wildman–Crippen MR) is 130 cm³/mol. The maximum Gasteiger partial charge on any atom is 0.265 e. The van der Waals surface area contributed by atoms with Crippen molar-refractivity contribution in [2.24, 2.45) is 5.16 Å². The van der Waals surface area contributed by atoms with Crippen molar-refractivity contribution in [1.29, 1.82) is 0 Å². The molecule has 0 spiro atoms. The van der Waals surface area contributed by atoms with Gasteiger partial charge < -0.3 is 19.6 Å². The average molecular weight is 490 g/mol. The van der Waals surface area contributed by atoms with E-state index in [2.05, 4.69) is 10.5 Å². The van der Waals surface area contributed by atoms with Crippen LogP contribution in [-0.4, -0.2) is 58.8 Å². The van der Waals surface area contributed by atoms with Crippen LogP contribution in [0.3, 0.4) is 0 Å². The van der Waals surface area contributed by atoms with Crippen LogP contribution in [0.4, 0.5) is 5.69 Å². The normalized spacial score (nSPS) is 15.0. The molecule has 1 aliphatic heterocycles. The Morgan fingerprint density at radius 2 is 1.82 bits per heavy atom. The standard InChI is InChI=1S/C24H31N3O6S/c1-18-11-12-20(15-22(18)34(29,30)27-13-6-4-5-7-14-27)26-23(28)17-33-25-16-19-9-8-10-21(31-2)24(19)32-3/h8-12,15-16H,4-7,13-14,17H2,1-3H3,(H,26,28)/b25-16+. The van der Waals surface area contributed by atoms with Crippen molar-refractivity contribution in [3.63, 3.8) is 0 Å². The second kappa shape index (κ2) is 11.8. The van der Waals surface area contributed by atoms with Gasteiger partial charge in [-0.2, -0.15) is 4.31 Å². The lowest BCUT2D eigenvalue weighted by atomic mass is 10.2. The second-order valence-corrected chi connectivity index (χ2v) is 9.84. The molecule has 0 radical (unpaired) electrons. The van der Waals surface area contributed by atoms with Crippen molar-refractivity contribution in [2.45, 2.75) is 37.5 Å². The number of oxime groups is 1. The molecule has 2 aromatic carbocycles. The van der Waals surface area contributed by atoms with Crippen molar-refractivity contribution in [3.05, 3.63) is 47.5 Å². The molecule has 1 heterocycles. The van der Waals surface area contributed by atoms with Crippen molar-refractivity contribution in [3.8, 4) is 11.5 Å². The molecular weight excluding hydrogens is 458 g/mol. The lowest BCUT2D eigenvalue weighted by molar-refractivity contribution is -0.120. The number of benzene rings is 2. The molecule has 1 N–H and O–H groups in total. The number of hydrogen-bond donors (Lipinski definition) is 1. The average Bonchev–Trinajstić information content (AvgIpc) is 3.13. The number of rotatable bonds is 9. The van der Waals surface area contributed by atoms with Crippen LogP contribution in [-0.2, 0) is 19.7 Å². The van der Waals surface area contributed by atoms with E-state index in [0.29, 0.717) is 41.4 Å². The van der Waals surface area contributed by atoms with Crippen LogP contribution in [0, 0.1) is 6.92 Å². The summed E-state index contributed by atoms with van der Waals surface area (Å²) in [7, 11) is -0.576. The van der Waals surface area contributed by atoms with Gasteiger partial charge in [0.25, 0.3) is 5.91 Å². The summed E-state index contributed by atoms with van der Waals surface area (Å²) >= 11 is 0. The highest BCUT2D eigenvalue weighted by molar-refractivity contribution is 7.89. The summed E-state index contributed by atoms with van der Waals surface area (Å²) in [6.45, 7) is 2.44. The molecule has 0 saturated carbocycles. The summed E-state index contributed by atoms with van der Waals surface area (Å²) in [6.07, 6.45) is 5.21. The number of anilines is 1. The predicted octanol–water partition coefficient (Wildman–Crippen LogP) is 3.57. The van der Waals surface area contributed by atoms with E-state index in [-0.39, 0.29) is 11.5 Å². The number of hydrogen-bond acceptors (Lipinski definition) is 7. The van der Waals surface area contributed by atoms with Gasteiger partial charge in [0.05, 0.1) is 25.3 Å². The van der Waals surface area contributed by atoms with Gasteiger partial charge >= 0.3 is 0 Å². The number of ether oxygens (including phenoxy) is 2. The molecule has 3 rings (SSSR count). The monoisotopic (exact) mass is 489 g/mol. The summed E-state index contributed by atoms with van der Waals surface area (Å²) in [6, 6.07) is 10.2. The molecule has 34 heavy (non-hydrogen) atoms. The molecule has 2 aromatic rings. The molecule has 9 nitrogen and oxygen atoms in total. The van der Waals surface area contributed by atoms with Crippen LogP contribution < -0.4 is 14.8 Å². The van der Waals surface area contributed by atoms with Crippen molar-refractivity contribution in [2.75, 3.05) is 39.2 Å². The topological polar surface area (TPSA) is 107 Å². The van der Waals surface area contributed by atoms with Crippen LogP contribution in [0.5, 0.6) is 11.5 Å². The third-order valence-corrected chi connectivity index (χ3v) is 7.59. The molecule has 1 fully saturated rings. The van der Waals surface area contributed by atoms with E-state index in [4.69, 9.17) is 14.3 Å². The molecule has 1 saturated heterocycles. The van der Waals surface area contributed by atoms with Crippen molar-refractivity contribution in [1.82, 2.24) is 4.31 Å². The van der Waals surface area contributed by atoms with Gasteiger partial charge in [0.15, 0.2) is 18.1 Å². The number of methoxy groups -OCH3 is 2. The fraction of sp³-hybridized carbons (Fsp3) is 0.417. The van der Waals surface area contributed by atoms with E-state index in [9.17, 15) is 13.2 Å². The molecule has 0 aliphatic carbocycles. The number of sulfonamides is 1. The Hall–Kier alpha value is -3.11. The quantitative estimate of drug-likeness (QED) is 0.426. The summed E-state index contributed by atoms with van der Waals surface area (Å²) in [5, 5.41) is 6.50. The van der Waals surface area contributed by atoms with Gasteiger partial charge in [0.1, 0.15) is 0 Å². The smallest absolute Gasteiger partial charge is 0.265 e. The second-order valence-electron chi connectivity index (χ2n) is 7.94. The third kappa shape index (κ3) is 6.27. The van der Waals surface area contributed by atoms with Gasteiger partial charge in [-0.25, -0.2) is 8.42 Å². The minimum absolute atomic E-state index is 0.205. The van der Waals surface area contributed by atoms with E-state index in [0.717, 1.165) is 25.7 Å². The van der Waals surface area contributed by atoms with Gasteiger partial charge in [0, 0.05) is 24.3 Å². The molecule has 10 heteroatoms. The Morgan fingerprint density at radius 3 is 2.50 bits per heavy atom. The highest BCUT2D eigenvalue weighted by Crippen LogP contribution is 2.29. The number of amides is 1. The summed E-state index contributed by atoms with van der Waals surface area (Å²) in [5.41, 5.74) is 1.64. The van der Waals surface area contributed by atoms with Crippen LogP contribution in [0.15, 0.2) is 46.4 Å². The van der Waals surface area contributed by atoms with Gasteiger partial charge in [0.2, 0.25) is 10.0 Å². The Kier molecular flexibility index (Phi) is 8.89. The lowest BCUT2D eigenvalue weighted by Gasteiger charge is -2.21. The third-order valence-electron chi connectivity index (χ3n) is 5.55. The highest BCUT2D eigenvalue weighted by atomic mass is 32.2. The molecule has 0 atom stereocenters. The molecule has 0 bridgehead atoms. The number of carbonyl (C=O) groups excluding carboxylic acids is 1. The zero-order valence-electron chi connectivity index (χ0n) is 19.7. The first-order valence-electron chi connectivity index (χ1n) is 11.1. The van der Waals surface area contributed by atoms with E-state index >= 15 is 0 Å². The highest BCUT2D eigenvalue weighted by Gasteiger charge is 2.27. The van der Waals surface area contributed by atoms with E-state index in [1.807, 2.05) is 0 Å². The summed E-state index contributed by atoms with van der Waals surface area (Å²) < 4.78 is 38.5. The number of para-hydroxylation sites is 1. The van der Waals surface area contributed by atoms with E-state index in [1.165, 1.54) is 26.5 Å². The van der Waals surface area contributed by atoms with E-state index in [1.54, 1.807) is 41.6 Å². The molecule has 1 aliphatic rings. The van der Waals surface area contributed by atoms with E-state index < -0.39 is 15.9 Å². The Labute approximate surface area is 200 Å². The first-order chi connectivity index (χ1) is 16.4. The first-order valence-corrected chi connectivity index (χ1v) is 12.6. The zero-order chi connectivity index (χ0) is 24.6. The Bertz CT molecular complexity index is 1130. The van der Waals surface area contributed by atoms with Crippen LogP contribution in [0.1, 0.15) is 36.8 Å². The summed E-state index contributed by atoms with van der Waals surface area (Å²) in [5.74, 6) is 0.589. The fourth-order valence-corrected chi connectivity index (χ4v) is 5.55. The Morgan fingerprint density at radius 1 is 1.09 bits per heavy atom. The van der Waals surface area contributed by atoms with Gasteiger partial charge in [-0.15, -0.1) is 0 Å². The number of aryl methyl sites for hydroxylation is 1. The minimum Gasteiger partial charge on any atom is -0.493 e. The molecule has 1 amide bonds. The number of nitrogens with one attached hydrogen (secondary N) is 1. The molecule has 0 aromatic heterocycles. The fourth-order valence-electron chi connectivity index (χ4n) is 3.78. The number of nitrogens with zero attached hydrogens (tertiary/aromatic N) is 2. The lowest BCUT2D eigenvalue weighted by Crippen LogP contribution is -2.32. The van der Waals surface area contributed by atoms with Crippen molar-refractivity contribution < 1.29 is 27.5 Å². The largest absolute Gasteiger partial charge is 0.493 e. The zero-order valence-corrected chi connectivity index (χ0v) is 20.6. The van der Waals surface area contributed by atoms with Gasteiger partial charge in [-0.05, 0) is 49.6 Å². The Balaban J connectivity index is 1.63. The van der Waals surface area contributed by atoms with Crippen molar-refractivity contribution >= 4 is 27.8 Å². The SMILES string of the molecule is COc1cccc(/C=N/OCC(=O)Nc2ccc(C)c(S(=O)(=O)N3CCCCCC3)c2)c1OC. The molecule has 184 valence electrons. The minimum atomic E-state index is -3.63. The maximum atomic E-state index is 13.2.